The number of alkyl halides is 3. The lowest BCUT2D eigenvalue weighted by Gasteiger charge is -2.27. The van der Waals surface area contributed by atoms with Crippen LogP contribution in [0.1, 0.15) is 30.4 Å². The molecule has 116 valence electrons. The smallest absolute Gasteiger partial charge is 0.326 e. The van der Waals surface area contributed by atoms with Crippen LogP contribution >= 0.6 is 0 Å². The van der Waals surface area contributed by atoms with Gasteiger partial charge in [-0.2, -0.15) is 13.2 Å². The second-order valence-electron chi connectivity index (χ2n) is 5.05. The summed E-state index contributed by atoms with van der Waals surface area (Å²) in [5, 5.41) is 2.65. The van der Waals surface area contributed by atoms with Crippen LogP contribution in [-0.2, 0) is 12.7 Å². The van der Waals surface area contributed by atoms with E-state index in [4.69, 9.17) is 5.73 Å². The molecule has 1 saturated heterocycles. The fraction of sp³-hybridized carbons (Fsp3) is 0.500. The average molecular weight is 301 g/mol. The molecular weight excluding hydrogens is 283 g/mol. The lowest BCUT2D eigenvalue weighted by molar-refractivity contribution is -0.137. The van der Waals surface area contributed by atoms with Gasteiger partial charge in [-0.25, -0.2) is 4.79 Å². The standard InChI is InChI=1S/C14H18F3N3O/c15-14(16,17)11-4-5-12(10(8-11)9-18)19-13(21)20-6-2-1-3-7-20/h4-5,8H,1-3,6-7,9,18H2,(H,19,21). The maximum absolute atomic E-state index is 12.7. The van der Waals surface area contributed by atoms with E-state index in [1.807, 2.05) is 0 Å². The minimum absolute atomic E-state index is 0.0699. The molecule has 0 unspecified atom stereocenters. The predicted molar refractivity (Wildman–Crippen MR) is 73.8 cm³/mol. The highest BCUT2D eigenvalue weighted by Crippen LogP contribution is 2.31. The third kappa shape index (κ3) is 3.87. The number of urea groups is 1. The molecule has 0 spiro atoms. The Kier molecular flexibility index (Phi) is 4.72. The number of hydrogen-bond donors (Lipinski definition) is 2. The molecule has 1 aromatic carbocycles. The van der Waals surface area contributed by atoms with Crippen molar-refractivity contribution < 1.29 is 18.0 Å². The zero-order chi connectivity index (χ0) is 15.5. The van der Waals surface area contributed by atoms with Crippen LogP contribution in [0.2, 0.25) is 0 Å². The second kappa shape index (κ2) is 6.34. The van der Waals surface area contributed by atoms with E-state index in [1.165, 1.54) is 6.07 Å². The summed E-state index contributed by atoms with van der Waals surface area (Å²) in [4.78, 5) is 13.7. The number of carbonyl (C=O) groups excluding carboxylic acids is 1. The van der Waals surface area contributed by atoms with Gasteiger partial charge in [-0.15, -0.1) is 0 Å². The Hall–Kier alpha value is -1.76. The van der Waals surface area contributed by atoms with E-state index in [-0.39, 0.29) is 18.1 Å². The van der Waals surface area contributed by atoms with Crippen molar-refractivity contribution in [1.82, 2.24) is 4.90 Å². The molecule has 0 bridgehead atoms. The Labute approximate surface area is 121 Å². The molecule has 1 aliphatic heterocycles. The number of amides is 2. The topological polar surface area (TPSA) is 58.4 Å². The van der Waals surface area contributed by atoms with E-state index in [2.05, 4.69) is 5.32 Å². The molecule has 0 saturated carbocycles. The van der Waals surface area contributed by atoms with Crippen LogP contribution in [-0.4, -0.2) is 24.0 Å². The van der Waals surface area contributed by atoms with Gasteiger partial charge in [-0.3, -0.25) is 0 Å². The molecule has 3 N–H and O–H groups in total. The van der Waals surface area contributed by atoms with Gasteiger partial charge in [-0.05, 0) is 43.0 Å². The number of benzene rings is 1. The van der Waals surface area contributed by atoms with E-state index in [1.54, 1.807) is 4.90 Å². The van der Waals surface area contributed by atoms with Gasteiger partial charge < -0.3 is 16.0 Å². The number of nitrogens with two attached hydrogens (primary N) is 1. The highest BCUT2D eigenvalue weighted by molar-refractivity contribution is 5.90. The first-order chi connectivity index (χ1) is 9.91. The zero-order valence-corrected chi connectivity index (χ0v) is 11.5. The summed E-state index contributed by atoms with van der Waals surface area (Å²) in [6.07, 6.45) is -1.42. The lowest BCUT2D eigenvalue weighted by atomic mass is 10.1. The molecule has 0 radical (unpaired) electrons. The summed E-state index contributed by atoms with van der Waals surface area (Å²) >= 11 is 0. The number of likely N-dealkylation sites (tertiary alicyclic amines) is 1. The van der Waals surface area contributed by atoms with Crippen LogP contribution in [0.3, 0.4) is 0 Å². The van der Waals surface area contributed by atoms with E-state index >= 15 is 0 Å². The van der Waals surface area contributed by atoms with E-state index in [0.29, 0.717) is 18.8 Å². The minimum Gasteiger partial charge on any atom is -0.326 e. The molecule has 2 amide bonds. The number of halogens is 3. The van der Waals surface area contributed by atoms with Gasteiger partial charge >= 0.3 is 12.2 Å². The van der Waals surface area contributed by atoms with E-state index in [0.717, 1.165) is 31.4 Å². The number of nitrogens with zero attached hydrogens (tertiary/aromatic N) is 1. The second-order valence-corrected chi connectivity index (χ2v) is 5.05. The van der Waals surface area contributed by atoms with Crippen molar-refractivity contribution in [2.75, 3.05) is 18.4 Å². The van der Waals surface area contributed by atoms with Gasteiger partial charge in [0, 0.05) is 25.3 Å². The molecule has 21 heavy (non-hydrogen) atoms. The van der Waals surface area contributed by atoms with E-state index < -0.39 is 11.7 Å². The molecule has 1 aromatic rings. The summed E-state index contributed by atoms with van der Waals surface area (Å²) in [5.74, 6) is 0. The summed E-state index contributed by atoms with van der Waals surface area (Å²) in [6.45, 7) is 1.27. The SMILES string of the molecule is NCc1cc(C(F)(F)F)ccc1NC(=O)N1CCCCC1. The van der Waals surface area contributed by atoms with Crippen LogP contribution in [0.15, 0.2) is 18.2 Å². The number of anilines is 1. The highest BCUT2D eigenvalue weighted by Gasteiger charge is 2.31. The molecule has 0 atom stereocenters. The van der Waals surface area contributed by atoms with Crippen LogP contribution < -0.4 is 11.1 Å². The molecule has 1 heterocycles. The first kappa shape index (κ1) is 15.6. The Morgan fingerprint density at radius 3 is 2.48 bits per heavy atom. The summed E-state index contributed by atoms with van der Waals surface area (Å²) < 4.78 is 38.0. The van der Waals surface area contributed by atoms with Crippen LogP contribution in [0.5, 0.6) is 0 Å². The Bertz CT molecular complexity index is 511. The summed E-state index contributed by atoms with van der Waals surface area (Å²) in [7, 11) is 0. The van der Waals surface area contributed by atoms with Crippen molar-refractivity contribution in [2.24, 2.45) is 5.73 Å². The molecule has 1 aliphatic rings. The first-order valence-corrected chi connectivity index (χ1v) is 6.88. The van der Waals surface area contributed by atoms with Gasteiger partial charge in [0.2, 0.25) is 0 Å². The number of nitrogens with one attached hydrogen (secondary N) is 1. The lowest BCUT2D eigenvalue weighted by Crippen LogP contribution is -2.38. The highest BCUT2D eigenvalue weighted by atomic mass is 19.4. The number of hydrogen-bond acceptors (Lipinski definition) is 2. The predicted octanol–water partition coefficient (Wildman–Crippen LogP) is 3.18. The van der Waals surface area contributed by atoms with Gasteiger partial charge in [0.1, 0.15) is 0 Å². The van der Waals surface area contributed by atoms with Gasteiger partial charge in [0.25, 0.3) is 0 Å². The zero-order valence-electron chi connectivity index (χ0n) is 11.5. The molecule has 1 fully saturated rings. The molecule has 4 nitrogen and oxygen atoms in total. The molecular formula is C14H18F3N3O. The van der Waals surface area contributed by atoms with Crippen molar-refractivity contribution in [3.63, 3.8) is 0 Å². The molecule has 2 rings (SSSR count). The largest absolute Gasteiger partial charge is 0.416 e. The molecule has 0 aliphatic carbocycles. The first-order valence-electron chi connectivity index (χ1n) is 6.88. The van der Waals surface area contributed by atoms with E-state index in [9.17, 15) is 18.0 Å². The normalized spacial score (nSPS) is 15.9. The van der Waals surface area contributed by atoms with Gasteiger partial charge in [-0.1, -0.05) is 0 Å². The van der Waals surface area contributed by atoms with Crippen LogP contribution in [0.4, 0.5) is 23.7 Å². The Balaban J connectivity index is 2.14. The summed E-state index contributed by atoms with van der Waals surface area (Å²) in [5.41, 5.74) is 5.33. The fourth-order valence-corrected chi connectivity index (χ4v) is 2.35. The Morgan fingerprint density at radius 2 is 1.90 bits per heavy atom. The van der Waals surface area contributed by atoms with Gasteiger partial charge in [0.15, 0.2) is 0 Å². The van der Waals surface area contributed by atoms with Crippen molar-refractivity contribution in [1.29, 1.82) is 0 Å². The summed E-state index contributed by atoms with van der Waals surface area (Å²) in [6, 6.07) is 2.90. The average Bonchev–Trinajstić information content (AvgIpc) is 2.47. The van der Waals surface area contributed by atoms with Crippen molar-refractivity contribution in [3.05, 3.63) is 29.3 Å². The monoisotopic (exact) mass is 301 g/mol. The number of rotatable bonds is 2. The van der Waals surface area contributed by atoms with Gasteiger partial charge in [0.05, 0.1) is 5.56 Å². The number of piperidine rings is 1. The maximum Gasteiger partial charge on any atom is 0.416 e. The van der Waals surface area contributed by atoms with Crippen molar-refractivity contribution >= 4 is 11.7 Å². The molecule has 0 aromatic heterocycles. The maximum atomic E-state index is 12.7. The third-order valence-corrected chi connectivity index (χ3v) is 3.54. The minimum atomic E-state index is -4.42. The van der Waals surface area contributed by atoms with Crippen molar-refractivity contribution in [3.8, 4) is 0 Å². The fourth-order valence-electron chi connectivity index (χ4n) is 2.35. The Morgan fingerprint density at radius 1 is 1.24 bits per heavy atom. The number of carbonyl (C=O) groups is 1. The van der Waals surface area contributed by atoms with Crippen molar-refractivity contribution in [2.45, 2.75) is 32.0 Å². The molecule has 7 heteroatoms. The van der Waals surface area contributed by atoms with Crippen LogP contribution in [0.25, 0.3) is 0 Å². The quantitative estimate of drug-likeness (QED) is 0.881. The van der Waals surface area contributed by atoms with Crippen LogP contribution in [0, 0.1) is 0 Å². The third-order valence-electron chi connectivity index (χ3n) is 3.54.